The van der Waals surface area contributed by atoms with Crippen molar-refractivity contribution in [1.82, 2.24) is 9.78 Å². The molecular weight excluding hydrogens is 264 g/mol. The minimum Gasteiger partial charge on any atom is -0.478 e. The summed E-state index contributed by atoms with van der Waals surface area (Å²) in [5.41, 5.74) is 1.71. The lowest BCUT2D eigenvalue weighted by Gasteiger charge is -2.23. The largest absolute Gasteiger partial charge is 0.478 e. The van der Waals surface area contributed by atoms with Crippen LogP contribution >= 0.6 is 0 Å². The van der Waals surface area contributed by atoms with E-state index < -0.39 is 5.97 Å². The zero-order chi connectivity index (χ0) is 16.4. The smallest absolute Gasteiger partial charge is 0.339 e. The minimum atomic E-state index is -0.861. The first-order valence-corrected chi connectivity index (χ1v) is 7.98. The van der Waals surface area contributed by atoms with Crippen molar-refractivity contribution in [3.63, 3.8) is 0 Å². The van der Waals surface area contributed by atoms with Gasteiger partial charge in [0.05, 0.1) is 16.9 Å². The highest BCUT2D eigenvalue weighted by molar-refractivity contribution is 5.90. The number of carboxylic acids is 1. The quantitative estimate of drug-likeness (QED) is 0.835. The lowest BCUT2D eigenvalue weighted by atomic mass is 9.84. The van der Waals surface area contributed by atoms with E-state index in [-0.39, 0.29) is 11.5 Å². The Morgan fingerprint density at radius 3 is 2.29 bits per heavy atom. The van der Waals surface area contributed by atoms with Crippen LogP contribution < -0.4 is 0 Å². The first-order chi connectivity index (χ1) is 9.65. The summed E-state index contributed by atoms with van der Waals surface area (Å²) in [5, 5.41) is 14.3. The normalized spacial score (nSPS) is 15.0. The van der Waals surface area contributed by atoms with Crippen LogP contribution in [0, 0.1) is 12.8 Å². The maximum atomic E-state index is 11.7. The van der Waals surface area contributed by atoms with Gasteiger partial charge in [0.15, 0.2) is 0 Å². The summed E-state index contributed by atoms with van der Waals surface area (Å²) < 4.78 is 1.87. The highest BCUT2D eigenvalue weighted by Crippen LogP contribution is 2.34. The van der Waals surface area contributed by atoms with Crippen LogP contribution in [0.3, 0.4) is 0 Å². The molecule has 2 unspecified atom stereocenters. The van der Waals surface area contributed by atoms with Crippen LogP contribution in [0.2, 0.25) is 0 Å². The summed E-state index contributed by atoms with van der Waals surface area (Å²) in [4.78, 5) is 11.7. The number of aromatic nitrogens is 2. The molecule has 0 aliphatic carbocycles. The molecule has 1 aromatic heterocycles. The molecule has 4 heteroatoms. The predicted octanol–water partition coefficient (Wildman–Crippen LogP) is 4.57. The summed E-state index contributed by atoms with van der Waals surface area (Å²) in [5.74, 6) is -0.209. The number of carbonyl (C=O) groups is 1. The van der Waals surface area contributed by atoms with Gasteiger partial charge in [-0.3, -0.25) is 4.68 Å². The highest BCUT2D eigenvalue weighted by atomic mass is 16.4. The molecule has 120 valence electrons. The summed E-state index contributed by atoms with van der Waals surface area (Å²) in [6.45, 7) is 14.5. The monoisotopic (exact) mass is 294 g/mol. The molecule has 0 bridgehead atoms. The zero-order valence-corrected chi connectivity index (χ0v) is 14.5. The van der Waals surface area contributed by atoms with Crippen molar-refractivity contribution >= 4 is 5.97 Å². The van der Waals surface area contributed by atoms with Gasteiger partial charge in [0, 0.05) is 5.92 Å². The van der Waals surface area contributed by atoms with Gasteiger partial charge in [-0.05, 0) is 40.0 Å². The molecule has 0 amide bonds. The molecule has 0 aliphatic rings. The number of hydrogen-bond donors (Lipinski definition) is 1. The summed E-state index contributed by atoms with van der Waals surface area (Å²) in [6.07, 6.45) is 3.13. The van der Waals surface area contributed by atoms with Crippen molar-refractivity contribution in [3.8, 4) is 0 Å². The van der Waals surface area contributed by atoms with Gasteiger partial charge in [-0.2, -0.15) is 5.10 Å². The summed E-state index contributed by atoms with van der Waals surface area (Å²) in [7, 11) is 0. The van der Waals surface area contributed by atoms with Gasteiger partial charge in [0.25, 0.3) is 0 Å². The number of nitrogens with zero attached hydrogens (tertiary/aromatic N) is 2. The van der Waals surface area contributed by atoms with E-state index in [0.717, 1.165) is 30.7 Å². The van der Waals surface area contributed by atoms with Crippen molar-refractivity contribution in [2.24, 2.45) is 5.92 Å². The average Bonchev–Trinajstić information content (AvgIpc) is 2.68. The van der Waals surface area contributed by atoms with Gasteiger partial charge < -0.3 is 5.11 Å². The SMILES string of the molecule is CCCC(C)C(CC)c1nn(C(C)(C)C)c(C)c1C(=O)O. The predicted molar refractivity (Wildman–Crippen MR) is 86.0 cm³/mol. The van der Waals surface area contributed by atoms with Crippen molar-refractivity contribution in [2.75, 3.05) is 0 Å². The van der Waals surface area contributed by atoms with Crippen LogP contribution in [-0.4, -0.2) is 20.9 Å². The lowest BCUT2D eigenvalue weighted by molar-refractivity contribution is 0.0693. The summed E-state index contributed by atoms with van der Waals surface area (Å²) >= 11 is 0. The third-order valence-corrected chi connectivity index (χ3v) is 4.21. The highest BCUT2D eigenvalue weighted by Gasteiger charge is 2.31. The molecule has 1 aromatic rings. The van der Waals surface area contributed by atoms with Gasteiger partial charge >= 0.3 is 5.97 Å². The van der Waals surface area contributed by atoms with Crippen LogP contribution in [0.5, 0.6) is 0 Å². The fourth-order valence-electron chi connectivity index (χ4n) is 3.22. The van der Waals surface area contributed by atoms with E-state index in [1.54, 1.807) is 0 Å². The second-order valence-corrected chi connectivity index (χ2v) is 7.01. The Morgan fingerprint density at radius 1 is 1.33 bits per heavy atom. The van der Waals surface area contributed by atoms with E-state index >= 15 is 0 Å². The van der Waals surface area contributed by atoms with E-state index in [1.165, 1.54) is 0 Å². The molecule has 0 saturated heterocycles. The molecule has 1 rings (SSSR count). The van der Waals surface area contributed by atoms with E-state index in [4.69, 9.17) is 5.10 Å². The number of hydrogen-bond acceptors (Lipinski definition) is 2. The van der Waals surface area contributed by atoms with Crippen LogP contribution in [0.25, 0.3) is 0 Å². The number of carboxylic acid groups (broad SMARTS) is 1. The molecule has 0 aliphatic heterocycles. The first-order valence-electron chi connectivity index (χ1n) is 7.98. The molecule has 0 radical (unpaired) electrons. The molecule has 0 fully saturated rings. The molecule has 0 saturated carbocycles. The second-order valence-electron chi connectivity index (χ2n) is 7.01. The third-order valence-electron chi connectivity index (χ3n) is 4.21. The molecule has 21 heavy (non-hydrogen) atoms. The van der Waals surface area contributed by atoms with E-state index in [2.05, 4.69) is 41.5 Å². The Kier molecular flexibility index (Phi) is 5.60. The fourth-order valence-corrected chi connectivity index (χ4v) is 3.22. The van der Waals surface area contributed by atoms with E-state index in [0.29, 0.717) is 11.5 Å². The van der Waals surface area contributed by atoms with Crippen LogP contribution in [0.1, 0.15) is 88.5 Å². The second kappa shape index (κ2) is 6.63. The van der Waals surface area contributed by atoms with Gasteiger partial charge in [-0.25, -0.2) is 4.79 Å². The maximum Gasteiger partial charge on any atom is 0.339 e. The Balaban J connectivity index is 3.43. The van der Waals surface area contributed by atoms with Gasteiger partial charge in [-0.1, -0.05) is 33.6 Å². The van der Waals surface area contributed by atoms with E-state index in [1.807, 2.05) is 11.6 Å². The van der Waals surface area contributed by atoms with Crippen molar-refractivity contribution in [3.05, 3.63) is 17.0 Å². The van der Waals surface area contributed by atoms with E-state index in [9.17, 15) is 9.90 Å². The first kappa shape index (κ1) is 17.7. The Labute approximate surface area is 128 Å². The Morgan fingerprint density at radius 2 is 1.90 bits per heavy atom. The standard InChI is InChI=1S/C17H30N2O2/c1-8-10-11(3)13(9-2)15-14(16(20)21)12(4)19(18-15)17(5,6)7/h11,13H,8-10H2,1-7H3,(H,20,21). The molecule has 1 N–H and O–H groups in total. The fraction of sp³-hybridized carbons (Fsp3) is 0.765. The van der Waals surface area contributed by atoms with Crippen LogP contribution in [0.15, 0.2) is 0 Å². The number of rotatable bonds is 6. The minimum absolute atomic E-state index is 0.207. The topological polar surface area (TPSA) is 55.1 Å². The van der Waals surface area contributed by atoms with Crippen molar-refractivity contribution < 1.29 is 9.90 Å². The van der Waals surface area contributed by atoms with Crippen molar-refractivity contribution in [1.29, 1.82) is 0 Å². The number of aromatic carboxylic acids is 1. The van der Waals surface area contributed by atoms with Crippen LogP contribution in [-0.2, 0) is 5.54 Å². The molecule has 2 atom stereocenters. The third kappa shape index (κ3) is 3.66. The van der Waals surface area contributed by atoms with Crippen molar-refractivity contribution in [2.45, 2.75) is 79.2 Å². The Hall–Kier alpha value is -1.32. The van der Waals surface area contributed by atoms with Gasteiger partial charge in [-0.15, -0.1) is 0 Å². The van der Waals surface area contributed by atoms with Gasteiger partial charge in [0.2, 0.25) is 0 Å². The average molecular weight is 294 g/mol. The molecule has 4 nitrogen and oxygen atoms in total. The maximum absolute atomic E-state index is 11.7. The lowest BCUT2D eigenvalue weighted by Crippen LogP contribution is -2.25. The molecule has 1 heterocycles. The summed E-state index contributed by atoms with van der Waals surface area (Å²) in [6, 6.07) is 0. The molecular formula is C17H30N2O2. The Bertz CT molecular complexity index is 498. The van der Waals surface area contributed by atoms with Crippen LogP contribution in [0.4, 0.5) is 0 Å². The molecule has 0 spiro atoms. The van der Waals surface area contributed by atoms with Gasteiger partial charge in [0.1, 0.15) is 5.56 Å². The zero-order valence-electron chi connectivity index (χ0n) is 14.5. The molecule has 0 aromatic carbocycles.